The summed E-state index contributed by atoms with van der Waals surface area (Å²) in [5, 5.41) is 0.981. The van der Waals surface area contributed by atoms with Crippen LogP contribution in [0.4, 0.5) is 0 Å². The third-order valence-corrected chi connectivity index (χ3v) is 4.28. The maximum Gasteiger partial charge on any atom is 0.216 e. The predicted molar refractivity (Wildman–Crippen MR) is 107 cm³/mol. The lowest BCUT2D eigenvalue weighted by molar-refractivity contribution is 0.308. The summed E-state index contributed by atoms with van der Waals surface area (Å²) < 4.78 is 16.5. The van der Waals surface area contributed by atoms with Crippen molar-refractivity contribution in [3.05, 3.63) is 72.4 Å². The van der Waals surface area contributed by atoms with E-state index in [1.807, 2.05) is 54.6 Å². The number of pyridine rings is 1. The van der Waals surface area contributed by atoms with Crippen LogP contribution in [0.3, 0.4) is 0 Å². The standard InChI is InChI=1S/C22H19N3O3/c1-26-17-7-3-5-15(13-17)14-28-19-8-4-6-16-9-10-18(24-21(16)19)22-23-12-11-20(25-22)27-2/h3-13H,14H2,1-2H3. The third-order valence-electron chi connectivity index (χ3n) is 4.28. The molecule has 6 heteroatoms. The number of methoxy groups -OCH3 is 2. The largest absolute Gasteiger partial charge is 0.497 e. The molecule has 140 valence electrons. The van der Waals surface area contributed by atoms with E-state index in [-0.39, 0.29) is 0 Å². The highest BCUT2D eigenvalue weighted by atomic mass is 16.5. The van der Waals surface area contributed by atoms with E-state index in [1.165, 1.54) is 0 Å². The minimum atomic E-state index is 0.415. The molecule has 28 heavy (non-hydrogen) atoms. The monoisotopic (exact) mass is 373 g/mol. The van der Waals surface area contributed by atoms with Crippen LogP contribution in [0.5, 0.6) is 17.4 Å². The lowest BCUT2D eigenvalue weighted by Crippen LogP contribution is -1.99. The highest BCUT2D eigenvalue weighted by Crippen LogP contribution is 2.27. The third kappa shape index (κ3) is 3.71. The van der Waals surface area contributed by atoms with Gasteiger partial charge >= 0.3 is 0 Å². The molecule has 0 atom stereocenters. The SMILES string of the molecule is COc1cccc(COc2cccc3ccc(-c4nccc(OC)n4)nc23)c1. The maximum absolute atomic E-state index is 6.06. The van der Waals surface area contributed by atoms with E-state index in [9.17, 15) is 0 Å². The normalized spacial score (nSPS) is 10.6. The van der Waals surface area contributed by atoms with Gasteiger partial charge in [0.25, 0.3) is 0 Å². The summed E-state index contributed by atoms with van der Waals surface area (Å²) in [6, 6.07) is 19.2. The Kier molecular flexibility index (Phi) is 5.01. The van der Waals surface area contributed by atoms with Crippen LogP contribution in [0, 0.1) is 0 Å². The van der Waals surface area contributed by atoms with Crippen molar-refractivity contribution in [1.82, 2.24) is 15.0 Å². The van der Waals surface area contributed by atoms with Crippen LogP contribution in [-0.4, -0.2) is 29.2 Å². The Labute approximate surface area is 162 Å². The van der Waals surface area contributed by atoms with Gasteiger partial charge in [-0.3, -0.25) is 0 Å². The topological polar surface area (TPSA) is 66.4 Å². The van der Waals surface area contributed by atoms with E-state index >= 15 is 0 Å². The number of fused-ring (bicyclic) bond motifs is 1. The number of rotatable bonds is 6. The van der Waals surface area contributed by atoms with Gasteiger partial charge in [-0.15, -0.1) is 0 Å². The molecule has 0 aliphatic heterocycles. The van der Waals surface area contributed by atoms with Crippen molar-refractivity contribution in [2.45, 2.75) is 6.61 Å². The first-order valence-electron chi connectivity index (χ1n) is 8.80. The number of aromatic nitrogens is 3. The lowest BCUT2D eigenvalue weighted by atomic mass is 10.2. The summed E-state index contributed by atoms with van der Waals surface area (Å²) in [4.78, 5) is 13.4. The molecule has 0 unspecified atom stereocenters. The zero-order valence-electron chi connectivity index (χ0n) is 15.6. The number of para-hydroxylation sites is 1. The Bertz CT molecular complexity index is 1110. The molecule has 0 radical (unpaired) electrons. The van der Waals surface area contributed by atoms with Crippen LogP contribution in [-0.2, 0) is 6.61 Å². The van der Waals surface area contributed by atoms with Crippen molar-refractivity contribution in [2.24, 2.45) is 0 Å². The van der Waals surface area contributed by atoms with Gasteiger partial charge in [0.15, 0.2) is 5.82 Å². The Morgan fingerprint density at radius 3 is 2.61 bits per heavy atom. The van der Waals surface area contributed by atoms with Crippen LogP contribution in [0.25, 0.3) is 22.4 Å². The van der Waals surface area contributed by atoms with Crippen molar-refractivity contribution >= 4 is 10.9 Å². The second kappa shape index (κ2) is 7.92. The van der Waals surface area contributed by atoms with E-state index in [0.29, 0.717) is 29.8 Å². The summed E-state index contributed by atoms with van der Waals surface area (Å²) in [7, 11) is 3.22. The molecule has 0 saturated heterocycles. The van der Waals surface area contributed by atoms with E-state index in [2.05, 4.69) is 9.97 Å². The van der Waals surface area contributed by atoms with Gasteiger partial charge in [0, 0.05) is 17.6 Å². The summed E-state index contributed by atoms with van der Waals surface area (Å²) >= 11 is 0. The van der Waals surface area contributed by atoms with Gasteiger partial charge in [-0.2, -0.15) is 4.98 Å². The van der Waals surface area contributed by atoms with E-state index in [0.717, 1.165) is 22.2 Å². The van der Waals surface area contributed by atoms with Gasteiger partial charge in [0.2, 0.25) is 5.88 Å². The van der Waals surface area contributed by atoms with E-state index in [1.54, 1.807) is 26.5 Å². The maximum atomic E-state index is 6.06. The lowest BCUT2D eigenvalue weighted by Gasteiger charge is -2.11. The molecule has 0 saturated carbocycles. The van der Waals surface area contributed by atoms with Crippen molar-refractivity contribution in [3.63, 3.8) is 0 Å². The molecular weight excluding hydrogens is 354 g/mol. The molecule has 2 aromatic carbocycles. The van der Waals surface area contributed by atoms with Crippen molar-refractivity contribution in [2.75, 3.05) is 14.2 Å². The second-order valence-corrected chi connectivity index (χ2v) is 6.09. The quantitative estimate of drug-likeness (QED) is 0.502. The van der Waals surface area contributed by atoms with Gasteiger partial charge in [-0.05, 0) is 29.8 Å². The van der Waals surface area contributed by atoms with Gasteiger partial charge in [-0.25, -0.2) is 9.97 Å². The minimum Gasteiger partial charge on any atom is -0.497 e. The summed E-state index contributed by atoms with van der Waals surface area (Å²) in [5.41, 5.74) is 2.43. The van der Waals surface area contributed by atoms with Crippen molar-refractivity contribution in [3.8, 4) is 28.9 Å². The summed E-state index contributed by atoms with van der Waals surface area (Å²) in [5.74, 6) is 2.50. The van der Waals surface area contributed by atoms with Crippen LogP contribution < -0.4 is 14.2 Å². The number of benzene rings is 2. The first-order valence-corrected chi connectivity index (χ1v) is 8.80. The van der Waals surface area contributed by atoms with Crippen LogP contribution in [0.2, 0.25) is 0 Å². The molecule has 0 bridgehead atoms. The fourth-order valence-electron chi connectivity index (χ4n) is 2.86. The Balaban J connectivity index is 1.66. The minimum absolute atomic E-state index is 0.415. The van der Waals surface area contributed by atoms with E-state index < -0.39 is 0 Å². The molecule has 0 aliphatic carbocycles. The Hall–Kier alpha value is -3.67. The molecule has 0 N–H and O–H groups in total. The van der Waals surface area contributed by atoms with Crippen molar-refractivity contribution in [1.29, 1.82) is 0 Å². The fourth-order valence-corrected chi connectivity index (χ4v) is 2.86. The average molecular weight is 373 g/mol. The smallest absolute Gasteiger partial charge is 0.216 e. The molecule has 4 rings (SSSR count). The van der Waals surface area contributed by atoms with Gasteiger partial charge in [0.05, 0.1) is 14.2 Å². The highest BCUT2D eigenvalue weighted by molar-refractivity contribution is 5.86. The average Bonchev–Trinajstić information content (AvgIpc) is 2.77. The fraction of sp³-hybridized carbons (Fsp3) is 0.136. The predicted octanol–water partition coefficient (Wildman–Crippen LogP) is 4.29. The highest BCUT2D eigenvalue weighted by Gasteiger charge is 2.10. The number of hydrogen-bond acceptors (Lipinski definition) is 6. The molecular formula is C22H19N3O3. The number of nitrogens with zero attached hydrogens (tertiary/aromatic N) is 3. The number of hydrogen-bond donors (Lipinski definition) is 0. The molecule has 0 aliphatic rings. The first-order chi connectivity index (χ1) is 13.8. The van der Waals surface area contributed by atoms with Gasteiger partial charge < -0.3 is 14.2 Å². The molecule has 0 fully saturated rings. The van der Waals surface area contributed by atoms with Crippen LogP contribution >= 0.6 is 0 Å². The Morgan fingerprint density at radius 2 is 1.75 bits per heavy atom. The molecule has 2 heterocycles. The van der Waals surface area contributed by atoms with Gasteiger partial charge in [0.1, 0.15) is 29.3 Å². The van der Waals surface area contributed by atoms with Crippen molar-refractivity contribution < 1.29 is 14.2 Å². The molecule has 0 amide bonds. The van der Waals surface area contributed by atoms with Crippen LogP contribution in [0.1, 0.15) is 5.56 Å². The Morgan fingerprint density at radius 1 is 0.857 bits per heavy atom. The molecule has 4 aromatic rings. The molecule has 2 aromatic heterocycles. The number of ether oxygens (including phenoxy) is 3. The zero-order chi connectivity index (χ0) is 19.3. The van der Waals surface area contributed by atoms with E-state index in [4.69, 9.17) is 19.2 Å². The molecule has 6 nitrogen and oxygen atoms in total. The second-order valence-electron chi connectivity index (χ2n) is 6.09. The summed E-state index contributed by atoms with van der Waals surface area (Å²) in [6.07, 6.45) is 1.65. The first kappa shape index (κ1) is 17.7. The zero-order valence-corrected chi connectivity index (χ0v) is 15.6. The van der Waals surface area contributed by atoms with Crippen LogP contribution in [0.15, 0.2) is 66.9 Å². The summed E-state index contributed by atoms with van der Waals surface area (Å²) in [6.45, 7) is 0.415. The van der Waals surface area contributed by atoms with Gasteiger partial charge in [-0.1, -0.05) is 30.3 Å². The molecule has 0 spiro atoms.